The zero-order valence-electron chi connectivity index (χ0n) is 10.7. The number of nitrogens with two attached hydrogens (primary N) is 1. The number of ether oxygens (including phenoxy) is 2. The maximum Gasteiger partial charge on any atom is 0.282 e. The van der Waals surface area contributed by atoms with Crippen molar-refractivity contribution in [3.8, 4) is 0 Å². The van der Waals surface area contributed by atoms with Crippen LogP contribution in [0.5, 0.6) is 0 Å². The minimum absolute atomic E-state index is 0.133. The highest BCUT2D eigenvalue weighted by atomic mass is 16.5. The van der Waals surface area contributed by atoms with E-state index >= 15 is 0 Å². The zero-order valence-corrected chi connectivity index (χ0v) is 10.7. The van der Waals surface area contributed by atoms with Crippen LogP contribution in [-0.4, -0.2) is 25.3 Å². The molecule has 0 spiro atoms. The second-order valence-electron chi connectivity index (χ2n) is 4.36. The van der Waals surface area contributed by atoms with Crippen LogP contribution in [-0.2, 0) is 9.47 Å². The first-order valence-electron chi connectivity index (χ1n) is 6.42. The van der Waals surface area contributed by atoms with Crippen molar-refractivity contribution in [2.45, 2.75) is 31.9 Å². The molecule has 1 heterocycles. The molecule has 1 aromatic rings. The summed E-state index contributed by atoms with van der Waals surface area (Å²) in [5.41, 5.74) is 6.72. The minimum atomic E-state index is 0.133. The fourth-order valence-electron chi connectivity index (χ4n) is 2.14. The summed E-state index contributed by atoms with van der Waals surface area (Å²) in [4.78, 5) is 4.23. The third-order valence-electron chi connectivity index (χ3n) is 3.03. The maximum atomic E-state index is 5.79. The quantitative estimate of drug-likeness (QED) is 0.840. The third kappa shape index (κ3) is 3.47. The van der Waals surface area contributed by atoms with Crippen LogP contribution in [0, 0.1) is 0 Å². The molecule has 0 radical (unpaired) electrons. The van der Waals surface area contributed by atoms with Gasteiger partial charge in [0.25, 0.3) is 6.02 Å². The number of benzene rings is 1. The van der Waals surface area contributed by atoms with Crippen LogP contribution in [0.1, 0.15) is 31.4 Å². The molecule has 1 aliphatic rings. The van der Waals surface area contributed by atoms with Crippen molar-refractivity contribution < 1.29 is 9.47 Å². The lowest BCUT2D eigenvalue weighted by atomic mass is 10.0. The molecule has 1 aliphatic heterocycles. The summed E-state index contributed by atoms with van der Waals surface area (Å²) in [6.45, 7) is 3.33. The van der Waals surface area contributed by atoms with Crippen LogP contribution in [0.4, 0.5) is 0 Å². The highest BCUT2D eigenvalue weighted by Gasteiger charge is 2.19. The number of hydrogen-bond acceptors (Lipinski definition) is 4. The van der Waals surface area contributed by atoms with E-state index in [1.165, 1.54) is 5.56 Å². The first-order chi connectivity index (χ1) is 8.79. The van der Waals surface area contributed by atoms with Gasteiger partial charge in [0.15, 0.2) is 0 Å². The van der Waals surface area contributed by atoms with Crippen molar-refractivity contribution in [2.24, 2.45) is 10.7 Å². The Kier molecular flexibility index (Phi) is 4.59. The third-order valence-corrected chi connectivity index (χ3v) is 3.03. The van der Waals surface area contributed by atoms with Crippen LogP contribution in [0.25, 0.3) is 0 Å². The Bertz CT molecular complexity index is 392. The fraction of sp³-hybridized carbons (Fsp3) is 0.500. The van der Waals surface area contributed by atoms with E-state index in [0.29, 0.717) is 19.2 Å². The lowest BCUT2D eigenvalue weighted by molar-refractivity contribution is 0.0529. The second kappa shape index (κ2) is 6.40. The standard InChI is InChI=1S/C14H20N2O2/c1-2-17-13(11-6-4-3-5-7-11)9-8-12-10-18-14(15)16-12/h3-7,12-13H,2,8-10H2,1H3,(H2,15,16)/t12-,13?/m0/s1. The molecule has 0 saturated heterocycles. The van der Waals surface area contributed by atoms with E-state index in [-0.39, 0.29) is 12.1 Å². The van der Waals surface area contributed by atoms with E-state index < -0.39 is 0 Å². The van der Waals surface area contributed by atoms with Crippen molar-refractivity contribution in [3.63, 3.8) is 0 Å². The van der Waals surface area contributed by atoms with Gasteiger partial charge < -0.3 is 15.2 Å². The second-order valence-corrected chi connectivity index (χ2v) is 4.36. The SMILES string of the molecule is CCOC(CC[C@H]1COC(N)=N1)c1ccccc1. The first-order valence-corrected chi connectivity index (χ1v) is 6.42. The predicted molar refractivity (Wildman–Crippen MR) is 71.4 cm³/mol. The van der Waals surface area contributed by atoms with E-state index in [9.17, 15) is 0 Å². The van der Waals surface area contributed by atoms with Gasteiger partial charge in [0.2, 0.25) is 0 Å². The van der Waals surface area contributed by atoms with E-state index in [0.717, 1.165) is 12.8 Å². The molecule has 0 aliphatic carbocycles. The fourth-order valence-corrected chi connectivity index (χ4v) is 2.14. The van der Waals surface area contributed by atoms with Crippen molar-refractivity contribution in [2.75, 3.05) is 13.2 Å². The molecule has 98 valence electrons. The lowest BCUT2D eigenvalue weighted by Crippen LogP contribution is -2.11. The number of rotatable bonds is 6. The Morgan fingerprint density at radius 1 is 1.44 bits per heavy atom. The Hall–Kier alpha value is -1.55. The highest BCUT2D eigenvalue weighted by Crippen LogP contribution is 2.24. The summed E-state index contributed by atoms with van der Waals surface area (Å²) in [5, 5.41) is 0. The summed E-state index contributed by atoms with van der Waals surface area (Å²) < 4.78 is 10.9. The van der Waals surface area contributed by atoms with Crippen LogP contribution in [0.15, 0.2) is 35.3 Å². The smallest absolute Gasteiger partial charge is 0.282 e. The van der Waals surface area contributed by atoms with E-state index in [2.05, 4.69) is 17.1 Å². The van der Waals surface area contributed by atoms with Crippen molar-refractivity contribution in [1.82, 2.24) is 0 Å². The number of aliphatic imine (C=N–C) groups is 1. The molecule has 0 fully saturated rings. The molecule has 4 nitrogen and oxygen atoms in total. The van der Waals surface area contributed by atoms with Crippen LogP contribution >= 0.6 is 0 Å². The van der Waals surface area contributed by atoms with Gasteiger partial charge in [0, 0.05) is 6.61 Å². The molecular formula is C14H20N2O2. The monoisotopic (exact) mass is 248 g/mol. The molecule has 0 bridgehead atoms. The molecule has 1 aromatic carbocycles. The van der Waals surface area contributed by atoms with E-state index in [4.69, 9.17) is 15.2 Å². The van der Waals surface area contributed by atoms with Gasteiger partial charge in [0.1, 0.15) is 6.61 Å². The molecule has 2 rings (SSSR count). The largest absolute Gasteiger partial charge is 0.463 e. The van der Waals surface area contributed by atoms with Gasteiger partial charge in [0.05, 0.1) is 12.1 Å². The Labute approximate surface area is 108 Å². The van der Waals surface area contributed by atoms with Gasteiger partial charge >= 0.3 is 0 Å². The van der Waals surface area contributed by atoms with Gasteiger partial charge in [-0.2, -0.15) is 0 Å². The minimum Gasteiger partial charge on any atom is -0.463 e. The van der Waals surface area contributed by atoms with Crippen molar-refractivity contribution in [1.29, 1.82) is 0 Å². The van der Waals surface area contributed by atoms with Crippen LogP contribution in [0.2, 0.25) is 0 Å². The summed E-state index contributed by atoms with van der Waals surface area (Å²) in [5.74, 6) is 0. The molecule has 0 aromatic heterocycles. The molecule has 1 unspecified atom stereocenters. The Morgan fingerprint density at radius 3 is 2.83 bits per heavy atom. The summed E-state index contributed by atoms with van der Waals surface area (Å²) in [6.07, 6.45) is 2.00. The summed E-state index contributed by atoms with van der Waals surface area (Å²) in [6, 6.07) is 10.8. The molecule has 0 amide bonds. The number of hydrogen-bond donors (Lipinski definition) is 1. The normalized spacial score (nSPS) is 20.3. The maximum absolute atomic E-state index is 5.79. The highest BCUT2D eigenvalue weighted by molar-refractivity contribution is 5.72. The zero-order chi connectivity index (χ0) is 12.8. The molecule has 4 heteroatoms. The number of nitrogens with zero attached hydrogens (tertiary/aromatic N) is 1. The Balaban J connectivity index is 1.91. The average molecular weight is 248 g/mol. The van der Waals surface area contributed by atoms with E-state index in [1.807, 2.05) is 25.1 Å². The van der Waals surface area contributed by atoms with Gasteiger partial charge in [-0.05, 0) is 25.3 Å². The van der Waals surface area contributed by atoms with Gasteiger partial charge in [-0.3, -0.25) is 0 Å². The molecular weight excluding hydrogens is 228 g/mol. The van der Waals surface area contributed by atoms with Gasteiger partial charge in [-0.25, -0.2) is 4.99 Å². The van der Waals surface area contributed by atoms with Crippen molar-refractivity contribution in [3.05, 3.63) is 35.9 Å². The topological polar surface area (TPSA) is 56.8 Å². The number of amidine groups is 1. The first kappa shape index (κ1) is 12.9. The summed E-state index contributed by atoms with van der Waals surface area (Å²) in [7, 11) is 0. The van der Waals surface area contributed by atoms with Gasteiger partial charge in [-0.1, -0.05) is 30.3 Å². The van der Waals surface area contributed by atoms with Crippen LogP contribution in [0.3, 0.4) is 0 Å². The average Bonchev–Trinajstić information content (AvgIpc) is 2.81. The van der Waals surface area contributed by atoms with Crippen LogP contribution < -0.4 is 5.73 Å². The van der Waals surface area contributed by atoms with E-state index in [1.54, 1.807) is 0 Å². The molecule has 2 N–H and O–H groups in total. The van der Waals surface area contributed by atoms with Crippen molar-refractivity contribution >= 4 is 6.02 Å². The Morgan fingerprint density at radius 2 is 2.22 bits per heavy atom. The summed E-state index contributed by atoms with van der Waals surface area (Å²) >= 11 is 0. The molecule has 18 heavy (non-hydrogen) atoms. The predicted octanol–water partition coefficient (Wildman–Crippen LogP) is 2.26. The van der Waals surface area contributed by atoms with Gasteiger partial charge in [-0.15, -0.1) is 0 Å². The molecule has 0 saturated carbocycles. The molecule has 2 atom stereocenters. The lowest BCUT2D eigenvalue weighted by Gasteiger charge is -2.18.